The van der Waals surface area contributed by atoms with Gasteiger partial charge in [-0.1, -0.05) is 51.1 Å². The Morgan fingerprint density at radius 1 is 0.935 bits per heavy atom. The predicted molar refractivity (Wildman–Crippen MR) is 129 cm³/mol. The molecular formula is C25H26N4OS. The summed E-state index contributed by atoms with van der Waals surface area (Å²) in [5.74, 6) is 1.41. The lowest BCUT2D eigenvalue weighted by atomic mass is 9.87. The van der Waals surface area contributed by atoms with Crippen molar-refractivity contribution in [3.8, 4) is 10.7 Å². The minimum atomic E-state index is -0.0749. The Kier molecular flexibility index (Phi) is 6.00. The number of nitrogens with zero attached hydrogens (tertiary/aromatic N) is 2. The van der Waals surface area contributed by atoms with Crippen LogP contribution in [0.5, 0.6) is 0 Å². The van der Waals surface area contributed by atoms with E-state index in [1.807, 2.05) is 66.0 Å². The van der Waals surface area contributed by atoms with Gasteiger partial charge in [-0.2, -0.15) is 0 Å². The summed E-state index contributed by atoms with van der Waals surface area (Å²) in [6.07, 6.45) is 0. The van der Waals surface area contributed by atoms with Crippen LogP contribution in [0.2, 0.25) is 0 Å². The van der Waals surface area contributed by atoms with Crippen LogP contribution >= 0.6 is 11.3 Å². The molecule has 0 fully saturated rings. The van der Waals surface area contributed by atoms with Gasteiger partial charge in [-0.3, -0.25) is 4.79 Å². The number of hydrogen-bond donors (Lipinski definition) is 2. The maximum absolute atomic E-state index is 12.5. The fraction of sp³-hybridized carbons (Fsp3) is 0.240. The molecule has 2 heterocycles. The molecule has 0 radical (unpaired) electrons. The smallest absolute Gasteiger partial charge is 0.251 e. The molecule has 0 atom stereocenters. The standard InChI is InChI=1S/C25H26N4OS/c1-25(2,3)18-12-10-17(11-13-18)24(30)27-15-14-26-22-19-7-4-5-8-20(19)28-23(29-22)21-9-6-16-31-21/h4-13,16H,14-15H2,1-3H3,(H,27,30)(H,26,28,29). The predicted octanol–water partition coefficient (Wildman–Crippen LogP) is 5.50. The molecule has 4 rings (SSSR count). The number of aromatic nitrogens is 2. The van der Waals surface area contributed by atoms with Crippen molar-refractivity contribution in [1.29, 1.82) is 0 Å². The SMILES string of the molecule is CC(C)(C)c1ccc(C(=O)NCCNc2nc(-c3cccs3)nc3ccccc23)cc1. The van der Waals surface area contributed by atoms with Gasteiger partial charge >= 0.3 is 0 Å². The summed E-state index contributed by atoms with van der Waals surface area (Å²) in [6, 6.07) is 19.8. The quantitative estimate of drug-likeness (QED) is 0.397. The lowest BCUT2D eigenvalue weighted by Crippen LogP contribution is -2.29. The molecular weight excluding hydrogens is 404 g/mol. The van der Waals surface area contributed by atoms with E-state index in [4.69, 9.17) is 4.98 Å². The zero-order valence-electron chi connectivity index (χ0n) is 18.0. The van der Waals surface area contributed by atoms with Crippen LogP contribution in [0.25, 0.3) is 21.6 Å². The Hall–Kier alpha value is -3.25. The average Bonchev–Trinajstić information content (AvgIpc) is 3.31. The van der Waals surface area contributed by atoms with Crippen LogP contribution in [0.1, 0.15) is 36.7 Å². The van der Waals surface area contributed by atoms with Gasteiger partial charge in [0.25, 0.3) is 5.91 Å². The van der Waals surface area contributed by atoms with E-state index in [2.05, 4.69) is 36.4 Å². The minimum Gasteiger partial charge on any atom is -0.368 e. The van der Waals surface area contributed by atoms with E-state index in [0.717, 1.165) is 21.6 Å². The van der Waals surface area contributed by atoms with Crippen molar-refractivity contribution in [2.24, 2.45) is 0 Å². The van der Waals surface area contributed by atoms with Gasteiger partial charge in [-0.15, -0.1) is 11.3 Å². The molecule has 2 aromatic heterocycles. The van der Waals surface area contributed by atoms with Gasteiger partial charge in [0.2, 0.25) is 0 Å². The molecule has 31 heavy (non-hydrogen) atoms. The first-order valence-electron chi connectivity index (χ1n) is 10.3. The van der Waals surface area contributed by atoms with Crippen LogP contribution in [0.15, 0.2) is 66.0 Å². The van der Waals surface area contributed by atoms with E-state index in [-0.39, 0.29) is 11.3 Å². The number of anilines is 1. The van der Waals surface area contributed by atoms with Crippen LogP contribution < -0.4 is 10.6 Å². The molecule has 0 aliphatic carbocycles. The maximum Gasteiger partial charge on any atom is 0.251 e. The average molecular weight is 431 g/mol. The van der Waals surface area contributed by atoms with E-state index in [9.17, 15) is 4.79 Å². The van der Waals surface area contributed by atoms with Gasteiger partial charge in [0.15, 0.2) is 5.82 Å². The largest absolute Gasteiger partial charge is 0.368 e. The summed E-state index contributed by atoms with van der Waals surface area (Å²) in [6.45, 7) is 7.54. The molecule has 2 N–H and O–H groups in total. The number of amides is 1. The van der Waals surface area contributed by atoms with Crippen molar-refractivity contribution >= 4 is 34.0 Å². The Labute approximate surface area is 186 Å². The fourth-order valence-corrected chi connectivity index (χ4v) is 3.97. The summed E-state index contributed by atoms with van der Waals surface area (Å²) in [5, 5.41) is 9.32. The molecule has 1 amide bonds. The normalized spacial score (nSPS) is 11.5. The third kappa shape index (κ3) is 4.91. The van der Waals surface area contributed by atoms with Gasteiger partial charge in [-0.05, 0) is 46.7 Å². The highest BCUT2D eigenvalue weighted by Gasteiger charge is 2.14. The highest BCUT2D eigenvalue weighted by molar-refractivity contribution is 7.13. The topological polar surface area (TPSA) is 66.9 Å². The summed E-state index contributed by atoms with van der Waals surface area (Å²) in [5.41, 5.74) is 2.84. The highest BCUT2D eigenvalue weighted by atomic mass is 32.1. The first-order chi connectivity index (χ1) is 14.9. The van der Waals surface area contributed by atoms with Crippen LogP contribution in [0.4, 0.5) is 5.82 Å². The number of carbonyl (C=O) groups is 1. The van der Waals surface area contributed by atoms with Gasteiger partial charge in [0.05, 0.1) is 10.4 Å². The molecule has 0 bridgehead atoms. The van der Waals surface area contributed by atoms with Gasteiger partial charge < -0.3 is 10.6 Å². The monoisotopic (exact) mass is 430 g/mol. The molecule has 4 aromatic rings. The van der Waals surface area contributed by atoms with Crippen molar-refractivity contribution in [2.45, 2.75) is 26.2 Å². The van der Waals surface area contributed by atoms with E-state index >= 15 is 0 Å². The first kappa shape index (κ1) is 21.0. The van der Waals surface area contributed by atoms with Crippen molar-refractivity contribution in [3.63, 3.8) is 0 Å². The molecule has 158 valence electrons. The number of hydrogen-bond acceptors (Lipinski definition) is 5. The Morgan fingerprint density at radius 3 is 2.42 bits per heavy atom. The number of rotatable bonds is 6. The van der Waals surface area contributed by atoms with Crippen LogP contribution in [0.3, 0.4) is 0 Å². The van der Waals surface area contributed by atoms with Crippen molar-refractivity contribution in [1.82, 2.24) is 15.3 Å². The summed E-state index contributed by atoms with van der Waals surface area (Å²) in [7, 11) is 0. The first-order valence-corrected chi connectivity index (χ1v) is 11.2. The van der Waals surface area contributed by atoms with E-state index in [0.29, 0.717) is 24.5 Å². The van der Waals surface area contributed by atoms with Crippen LogP contribution in [-0.2, 0) is 5.41 Å². The van der Waals surface area contributed by atoms with E-state index < -0.39 is 0 Å². The number of para-hydroxylation sites is 1. The third-order valence-electron chi connectivity index (χ3n) is 5.06. The Balaban J connectivity index is 1.41. The fourth-order valence-electron chi connectivity index (χ4n) is 3.31. The molecule has 5 nitrogen and oxygen atoms in total. The molecule has 0 aliphatic rings. The van der Waals surface area contributed by atoms with Crippen LogP contribution in [-0.4, -0.2) is 29.0 Å². The number of fused-ring (bicyclic) bond motifs is 1. The maximum atomic E-state index is 12.5. The van der Waals surface area contributed by atoms with E-state index in [1.54, 1.807) is 11.3 Å². The summed E-state index contributed by atoms with van der Waals surface area (Å²) < 4.78 is 0. The number of nitrogens with one attached hydrogen (secondary N) is 2. The second kappa shape index (κ2) is 8.86. The molecule has 0 spiro atoms. The van der Waals surface area contributed by atoms with Gasteiger partial charge in [0, 0.05) is 24.0 Å². The van der Waals surface area contributed by atoms with Crippen molar-refractivity contribution in [2.75, 3.05) is 18.4 Å². The summed E-state index contributed by atoms with van der Waals surface area (Å²) in [4.78, 5) is 22.9. The minimum absolute atomic E-state index is 0.0706. The molecule has 0 saturated heterocycles. The lowest BCUT2D eigenvalue weighted by Gasteiger charge is -2.19. The van der Waals surface area contributed by atoms with Crippen molar-refractivity contribution in [3.05, 3.63) is 77.2 Å². The van der Waals surface area contributed by atoms with Gasteiger partial charge in [0.1, 0.15) is 5.82 Å². The lowest BCUT2D eigenvalue weighted by molar-refractivity contribution is 0.0955. The third-order valence-corrected chi connectivity index (χ3v) is 5.93. The van der Waals surface area contributed by atoms with Gasteiger partial charge in [-0.25, -0.2) is 9.97 Å². The number of benzene rings is 2. The summed E-state index contributed by atoms with van der Waals surface area (Å²) >= 11 is 1.62. The zero-order chi connectivity index (χ0) is 21.8. The number of carbonyl (C=O) groups excluding carboxylic acids is 1. The Bertz CT molecular complexity index is 1180. The Morgan fingerprint density at radius 2 is 1.71 bits per heavy atom. The molecule has 2 aromatic carbocycles. The zero-order valence-corrected chi connectivity index (χ0v) is 18.8. The van der Waals surface area contributed by atoms with Crippen LogP contribution in [0, 0.1) is 0 Å². The van der Waals surface area contributed by atoms with Crippen molar-refractivity contribution < 1.29 is 4.79 Å². The molecule has 0 saturated carbocycles. The molecule has 6 heteroatoms. The molecule has 0 unspecified atom stereocenters. The molecule has 0 aliphatic heterocycles. The highest BCUT2D eigenvalue weighted by Crippen LogP contribution is 2.27. The second-order valence-electron chi connectivity index (χ2n) is 8.40. The number of thiophene rings is 1. The second-order valence-corrected chi connectivity index (χ2v) is 9.35. The van der Waals surface area contributed by atoms with E-state index in [1.165, 1.54) is 5.56 Å².